The maximum absolute atomic E-state index is 2.56. The van der Waals surface area contributed by atoms with Crippen molar-refractivity contribution in [1.82, 2.24) is 4.57 Å². The minimum atomic E-state index is -0.595. The Balaban J connectivity index is 1.30. The molecule has 0 radical (unpaired) electrons. The molecule has 2 aliphatic rings. The van der Waals surface area contributed by atoms with Gasteiger partial charge in [0.05, 0.1) is 22.1 Å². The first-order valence-corrected chi connectivity index (χ1v) is 18.2. The number of anilines is 3. The van der Waals surface area contributed by atoms with Crippen molar-refractivity contribution in [1.29, 1.82) is 0 Å². The maximum atomic E-state index is 2.56. The normalized spacial score (nSPS) is 13.8. The number of rotatable bonds is 4. The predicted octanol–water partition coefficient (Wildman–Crippen LogP) is 9.78. The van der Waals surface area contributed by atoms with Crippen LogP contribution < -0.4 is 21.3 Å². The molecule has 0 spiro atoms. The van der Waals surface area contributed by atoms with Crippen LogP contribution in [0.2, 0.25) is 0 Å². The molecular formula is C49H33BN2. The van der Waals surface area contributed by atoms with Gasteiger partial charge in [-0.1, -0.05) is 169 Å². The van der Waals surface area contributed by atoms with Crippen LogP contribution in [-0.4, -0.2) is 11.3 Å². The fourth-order valence-electron chi connectivity index (χ4n) is 9.49. The van der Waals surface area contributed by atoms with Gasteiger partial charge in [-0.05, 0) is 69.6 Å². The largest absolute Gasteiger partial charge is 0.311 e. The smallest absolute Gasteiger partial charge is 0.246 e. The Morgan fingerprint density at radius 1 is 0.404 bits per heavy atom. The van der Waals surface area contributed by atoms with Crippen LogP contribution in [-0.2, 0) is 5.41 Å². The number of fused-ring (bicyclic) bond motifs is 7. The first-order chi connectivity index (χ1) is 25.8. The van der Waals surface area contributed by atoms with E-state index in [4.69, 9.17) is 0 Å². The third-order valence-electron chi connectivity index (χ3n) is 11.5. The van der Waals surface area contributed by atoms with Gasteiger partial charge in [0, 0.05) is 27.8 Å². The monoisotopic (exact) mass is 660 g/mol. The molecule has 0 bridgehead atoms. The van der Waals surface area contributed by atoms with Crippen LogP contribution in [0.25, 0.3) is 27.5 Å². The van der Waals surface area contributed by atoms with Crippen LogP contribution in [0.3, 0.4) is 0 Å². The molecule has 0 amide bonds. The van der Waals surface area contributed by atoms with E-state index in [-0.39, 0.29) is 6.71 Å². The zero-order valence-corrected chi connectivity index (χ0v) is 28.5. The molecular weight excluding hydrogens is 627 g/mol. The minimum Gasteiger partial charge on any atom is -0.311 e. The lowest BCUT2D eigenvalue weighted by Gasteiger charge is -2.50. The van der Waals surface area contributed by atoms with Crippen LogP contribution in [0.4, 0.5) is 17.1 Å². The van der Waals surface area contributed by atoms with Crippen LogP contribution in [0, 0.1) is 0 Å². The lowest BCUT2D eigenvalue weighted by atomic mass is 9.34. The quantitative estimate of drug-likeness (QED) is 0.171. The van der Waals surface area contributed by atoms with Gasteiger partial charge in [0.25, 0.3) is 0 Å². The lowest BCUT2D eigenvalue weighted by Crippen LogP contribution is -2.59. The first-order valence-electron chi connectivity index (χ1n) is 18.2. The summed E-state index contributed by atoms with van der Waals surface area (Å²) in [6.45, 7) is 0.103. The Hall–Kier alpha value is -6.58. The highest BCUT2D eigenvalue weighted by atomic mass is 15.2. The summed E-state index contributed by atoms with van der Waals surface area (Å²) in [6.07, 6.45) is 0. The number of aromatic nitrogens is 1. The topological polar surface area (TPSA) is 8.17 Å². The average molecular weight is 661 g/mol. The van der Waals surface area contributed by atoms with Crippen LogP contribution >= 0.6 is 0 Å². The van der Waals surface area contributed by atoms with Gasteiger partial charge in [-0.2, -0.15) is 0 Å². The van der Waals surface area contributed by atoms with E-state index in [2.05, 4.69) is 210 Å². The van der Waals surface area contributed by atoms with Gasteiger partial charge in [0.2, 0.25) is 6.71 Å². The zero-order chi connectivity index (χ0) is 34.2. The van der Waals surface area contributed by atoms with Gasteiger partial charge in [0.15, 0.2) is 0 Å². The van der Waals surface area contributed by atoms with Gasteiger partial charge in [-0.3, -0.25) is 0 Å². The highest BCUT2D eigenvalue weighted by molar-refractivity contribution is 6.98. The standard InChI is InChI=1S/C49H33BN2/c1-4-17-34(18-5-1)49(35-19-6-2-7-20-35)40-25-16-27-43-48(40)52(47-30-15-12-26-42(47)50(43)36-21-8-3-9-22-36)46-32-31-37(33-41(46)49)51-44-28-13-10-23-38(44)39-24-11-14-29-45(39)51/h1-33H. The molecule has 0 N–H and O–H groups in total. The summed E-state index contributed by atoms with van der Waals surface area (Å²) in [5, 5.41) is 2.53. The third-order valence-corrected chi connectivity index (χ3v) is 11.5. The molecule has 242 valence electrons. The Morgan fingerprint density at radius 2 is 0.962 bits per heavy atom. The molecule has 0 saturated heterocycles. The second-order valence-electron chi connectivity index (χ2n) is 14.0. The maximum Gasteiger partial charge on any atom is 0.246 e. The number of nitrogens with zero attached hydrogens (tertiary/aromatic N) is 2. The fourth-order valence-corrected chi connectivity index (χ4v) is 9.49. The number of benzene rings is 8. The van der Waals surface area contributed by atoms with Crippen molar-refractivity contribution in [2.24, 2.45) is 0 Å². The van der Waals surface area contributed by atoms with Crippen molar-refractivity contribution in [2.45, 2.75) is 5.41 Å². The summed E-state index contributed by atoms with van der Waals surface area (Å²) in [5.41, 5.74) is 15.7. The lowest BCUT2D eigenvalue weighted by molar-refractivity contribution is 0.731. The van der Waals surface area contributed by atoms with E-state index in [1.807, 2.05) is 0 Å². The Morgan fingerprint density at radius 3 is 1.63 bits per heavy atom. The summed E-state index contributed by atoms with van der Waals surface area (Å²) in [4.78, 5) is 2.56. The van der Waals surface area contributed by atoms with Gasteiger partial charge < -0.3 is 9.47 Å². The number of hydrogen-bond donors (Lipinski definition) is 0. The molecule has 0 aliphatic carbocycles. The number of hydrogen-bond acceptors (Lipinski definition) is 1. The first kappa shape index (κ1) is 29.2. The van der Waals surface area contributed by atoms with E-state index in [0.29, 0.717) is 0 Å². The molecule has 0 atom stereocenters. The van der Waals surface area contributed by atoms with Crippen molar-refractivity contribution < 1.29 is 0 Å². The zero-order valence-electron chi connectivity index (χ0n) is 28.5. The van der Waals surface area contributed by atoms with E-state index < -0.39 is 5.41 Å². The second kappa shape index (κ2) is 11.2. The summed E-state index contributed by atoms with van der Waals surface area (Å²) < 4.78 is 2.45. The Labute approximate surface area is 303 Å². The third kappa shape index (κ3) is 3.91. The fraction of sp³-hybridized carbons (Fsp3) is 0.0204. The van der Waals surface area contributed by atoms with E-state index in [9.17, 15) is 0 Å². The van der Waals surface area contributed by atoms with Crippen molar-refractivity contribution in [3.05, 3.63) is 222 Å². The molecule has 0 saturated carbocycles. The Bertz CT molecular complexity index is 2710. The van der Waals surface area contributed by atoms with Crippen LogP contribution in [0.15, 0.2) is 200 Å². The van der Waals surface area contributed by atoms with E-state index >= 15 is 0 Å². The SMILES string of the molecule is c1ccc(B2c3ccccc3N3c4ccc(-n5c6ccccc6c6ccccc65)cc4C(c4ccccc4)(c4ccccc4)c4cccc2c43)cc1. The van der Waals surface area contributed by atoms with Crippen molar-refractivity contribution in [3.8, 4) is 5.69 Å². The molecule has 3 heterocycles. The van der Waals surface area contributed by atoms with Crippen molar-refractivity contribution in [3.63, 3.8) is 0 Å². The molecule has 2 nitrogen and oxygen atoms in total. The summed E-state index contributed by atoms with van der Waals surface area (Å²) in [7, 11) is 0. The highest BCUT2D eigenvalue weighted by Gasteiger charge is 2.50. The summed E-state index contributed by atoms with van der Waals surface area (Å²) in [5.74, 6) is 0. The number of para-hydroxylation sites is 4. The van der Waals surface area contributed by atoms with Crippen molar-refractivity contribution >= 4 is 62.0 Å². The highest BCUT2D eigenvalue weighted by Crippen LogP contribution is 2.58. The molecule has 0 fully saturated rings. The van der Waals surface area contributed by atoms with E-state index in [0.717, 1.165) is 5.69 Å². The molecule has 9 aromatic rings. The molecule has 1 aromatic heterocycles. The summed E-state index contributed by atoms with van der Waals surface area (Å²) >= 11 is 0. The minimum absolute atomic E-state index is 0.103. The van der Waals surface area contributed by atoms with Gasteiger partial charge >= 0.3 is 0 Å². The van der Waals surface area contributed by atoms with Gasteiger partial charge in [0.1, 0.15) is 0 Å². The second-order valence-corrected chi connectivity index (χ2v) is 14.0. The molecule has 52 heavy (non-hydrogen) atoms. The molecule has 11 rings (SSSR count). The molecule has 3 heteroatoms. The van der Waals surface area contributed by atoms with E-state index in [1.54, 1.807) is 0 Å². The average Bonchev–Trinajstić information content (AvgIpc) is 3.56. The van der Waals surface area contributed by atoms with Gasteiger partial charge in [-0.25, -0.2) is 0 Å². The molecule has 8 aromatic carbocycles. The van der Waals surface area contributed by atoms with Crippen molar-refractivity contribution in [2.75, 3.05) is 4.90 Å². The van der Waals surface area contributed by atoms with Crippen LogP contribution in [0.5, 0.6) is 0 Å². The predicted molar refractivity (Wildman–Crippen MR) is 218 cm³/mol. The van der Waals surface area contributed by atoms with Crippen LogP contribution in [0.1, 0.15) is 22.3 Å². The molecule has 2 aliphatic heterocycles. The van der Waals surface area contributed by atoms with E-state index in [1.165, 1.54) is 77.5 Å². The Kier molecular flexibility index (Phi) is 6.29. The molecule has 0 unspecified atom stereocenters. The van der Waals surface area contributed by atoms with Gasteiger partial charge in [-0.15, -0.1) is 0 Å². The summed E-state index contributed by atoms with van der Waals surface area (Å²) in [6, 6.07) is 74.2.